The Kier molecular flexibility index (Phi) is 15.9. The number of aromatic nitrogens is 2. The maximum absolute atomic E-state index is 13.0. The molecule has 0 radical (unpaired) electrons. The first kappa shape index (κ1) is 40.0. The average molecular weight is 717 g/mol. The minimum atomic E-state index is -2.49. The molecule has 0 spiro atoms. The van der Waals surface area contributed by atoms with E-state index in [-0.39, 0.29) is 11.5 Å². The van der Waals surface area contributed by atoms with Gasteiger partial charge in [0.25, 0.3) is 0 Å². The first-order valence-electron chi connectivity index (χ1n) is 18.4. The van der Waals surface area contributed by atoms with E-state index < -0.39 is 24.2 Å². The van der Waals surface area contributed by atoms with Crippen LogP contribution >= 0.6 is 0 Å². The van der Waals surface area contributed by atoms with E-state index in [1.807, 2.05) is 19.1 Å². The maximum Gasteiger partial charge on any atom is 0.344 e. The van der Waals surface area contributed by atoms with Crippen LogP contribution in [0.2, 0.25) is 0 Å². The Labute approximate surface area is 298 Å². The normalized spacial score (nSPS) is 18.2. The second kappa shape index (κ2) is 20.3. The van der Waals surface area contributed by atoms with Crippen molar-refractivity contribution in [1.29, 1.82) is 0 Å². The summed E-state index contributed by atoms with van der Waals surface area (Å²) in [5.41, 5.74) is 3.49. The van der Waals surface area contributed by atoms with E-state index in [1.165, 1.54) is 114 Å². The molecule has 5 rings (SSSR count). The van der Waals surface area contributed by atoms with Crippen molar-refractivity contribution in [3.8, 4) is 22.9 Å². The fraction of sp³-hybridized carbons (Fsp3) is 0.512. The van der Waals surface area contributed by atoms with Crippen molar-refractivity contribution in [2.75, 3.05) is 0 Å². The largest absolute Gasteiger partial charge is 0.428 e. The van der Waals surface area contributed by atoms with Crippen LogP contribution in [0.5, 0.6) is 11.5 Å². The van der Waals surface area contributed by atoms with Crippen molar-refractivity contribution >= 4 is 0 Å². The number of halogens is 6. The third kappa shape index (κ3) is 12.1. The molecule has 1 aromatic heterocycles. The Morgan fingerprint density at radius 2 is 1.20 bits per heavy atom. The number of benzene rings is 2. The van der Waals surface area contributed by atoms with Gasteiger partial charge >= 0.3 is 24.2 Å². The third-order valence-electron chi connectivity index (χ3n) is 10.5. The standard InChI is InChI=1S/C27H39F3O.C14H11F3N2O/c1-2-3-4-5-7-18-27(19-8-6-9-20-27)23-14-10-21(11-15-23)22-12-16-24(17-13-22)31-26(30)25(28)29;1-2-9-7-18-14(19-8-9)10-3-5-11(6-4-10)20-13(17)12(15)16/h12-13,16-17,21,23H,2-11,14-15,18-20H2,1H3;3-8H,2H2,1H3/t21-,23-;. The van der Waals surface area contributed by atoms with Crippen LogP contribution in [-0.2, 0) is 6.42 Å². The van der Waals surface area contributed by atoms with Crippen molar-refractivity contribution in [2.24, 2.45) is 11.3 Å². The lowest BCUT2D eigenvalue weighted by molar-refractivity contribution is 0.0506. The molecule has 0 bridgehead atoms. The van der Waals surface area contributed by atoms with Gasteiger partial charge in [0, 0.05) is 18.0 Å². The van der Waals surface area contributed by atoms with E-state index >= 15 is 0 Å². The van der Waals surface area contributed by atoms with Gasteiger partial charge in [-0.25, -0.2) is 9.97 Å². The van der Waals surface area contributed by atoms with Crippen LogP contribution < -0.4 is 9.47 Å². The highest BCUT2D eigenvalue weighted by atomic mass is 19.3. The van der Waals surface area contributed by atoms with Gasteiger partial charge in [-0.2, -0.15) is 26.3 Å². The molecule has 0 amide bonds. The molecule has 4 nitrogen and oxygen atoms in total. The van der Waals surface area contributed by atoms with E-state index in [2.05, 4.69) is 26.4 Å². The summed E-state index contributed by atoms with van der Waals surface area (Å²) in [6.45, 7) is 4.28. The zero-order valence-electron chi connectivity index (χ0n) is 29.7. The van der Waals surface area contributed by atoms with Crippen molar-refractivity contribution in [3.05, 3.63) is 96.2 Å². The Bertz CT molecular complexity index is 1520. The number of ether oxygens (including phenoxy) is 2. The molecule has 0 unspecified atom stereocenters. The summed E-state index contributed by atoms with van der Waals surface area (Å²) in [5.74, 6) is 1.95. The van der Waals surface area contributed by atoms with Crippen LogP contribution in [0.15, 0.2) is 85.1 Å². The molecule has 2 aromatic carbocycles. The van der Waals surface area contributed by atoms with Crippen molar-refractivity contribution < 1.29 is 35.8 Å². The minimum Gasteiger partial charge on any atom is -0.428 e. The summed E-state index contributed by atoms with van der Waals surface area (Å²) in [5, 5.41) is 0. The molecule has 2 saturated carbocycles. The average Bonchev–Trinajstić information content (AvgIpc) is 3.16. The van der Waals surface area contributed by atoms with E-state index in [0.717, 1.165) is 17.9 Å². The Hall–Kier alpha value is -3.82. The molecular formula is C41H50F6N2O2. The van der Waals surface area contributed by atoms with Gasteiger partial charge in [-0.1, -0.05) is 77.3 Å². The molecule has 0 N–H and O–H groups in total. The molecule has 2 aliphatic rings. The summed E-state index contributed by atoms with van der Waals surface area (Å²) in [7, 11) is 0. The predicted molar refractivity (Wildman–Crippen MR) is 189 cm³/mol. The molecule has 2 fully saturated rings. The van der Waals surface area contributed by atoms with Gasteiger partial charge < -0.3 is 9.47 Å². The molecule has 0 saturated heterocycles. The van der Waals surface area contributed by atoms with Gasteiger partial charge in [0.2, 0.25) is 0 Å². The van der Waals surface area contributed by atoms with E-state index in [4.69, 9.17) is 0 Å². The molecule has 10 heteroatoms. The van der Waals surface area contributed by atoms with Gasteiger partial charge in [-0.3, -0.25) is 0 Å². The highest BCUT2D eigenvalue weighted by molar-refractivity contribution is 5.56. The summed E-state index contributed by atoms with van der Waals surface area (Å²) >= 11 is 0. The van der Waals surface area contributed by atoms with Crippen molar-refractivity contribution in [2.45, 2.75) is 122 Å². The Morgan fingerprint density at radius 1 is 0.667 bits per heavy atom. The number of hydrogen-bond acceptors (Lipinski definition) is 4. The van der Waals surface area contributed by atoms with Gasteiger partial charge in [0.05, 0.1) is 0 Å². The summed E-state index contributed by atoms with van der Waals surface area (Å²) < 4.78 is 82.7. The number of rotatable bonds is 14. The Morgan fingerprint density at radius 3 is 1.71 bits per heavy atom. The first-order valence-corrected chi connectivity index (χ1v) is 18.4. The monoisotopic (exact) mass is 716 g/mol. The third-order valence-corrected chi connectivity index (χ3v) is 10.5. The van der Waals surface area contributed by atoms with Gasteiger partial charge in [-0.05, 0) is 116 Å². The van der Waals surface area contributed by atoms with Crippen molar-refractivity contribution in [1.82, 2.24) is 9.97 Å². The smallest absolute Gasteiger partial charge is 0.344 e. The van der Waals surface area contributed by atoms with Crippen LogP contribution in [0.3, 0.4) is 0 Å². The lowest BCUT2D eigenvalue weighted by Gasteiger charge is -2.47. The molecule has 1 heterocycles. The van der Waals surface area contributed by atoms with Crippen LogP contribution in [0.1, 0.15) is 127 Å². The second-order valence-electron chi connectivity index (χ2n) is 13.8. The van der Waals surface area contributed by atoms with E-state index in [9.17, 15) is 26.3 Å². The fourth-order valence-corrected chi connectivity index (χ4v) is 7.69. The predicted octanol–water partition coefficient (Wildman–Crippen LogP) is 13.8. The number of nitrogens with zero attached hydrogens (tertiary/aromatic N) is 2. The lowest BCUT2D eigenvalue weighted by Crippen LogP contribution is -2.35. The molecule has 0 aliphatic heterocycles. The van der Waals surface area contributed by atoms with Crippen LogP contribution in [-0.4, -0.2) is 9.97 Å². The molecule has 3 aromatic rings. The highest BCUT2D eigenvalue weighted by Gasteiger charge is 2.40. The maximum atomic E-state index is 13.0. The van der Waals surface area contributed by atoms with Gasteiger partial charge in [-0.15, -0.1) is 0 Å². The van der Waals surface area contributed by atoms with E-state index in [0.29, 0.717) is 22.7 Å². The zero-order chi connectivity index (χ0) is 36.6. The second-order valence-corrected chi connectivity index (χ2v) is 13.8. The van der Waals surface area contributed by atoms with Crippen molar-refractivity contribution in [3.63, 3.8) is 0 Å². The zero-order valence-corrected chi connectivity index (χ0v) is 29.7. The molecule has 278 valence electrons. The number of hydrogen-bond donors (Lipinski definition) is 0. The molecule has 0 atom stereocenters. The highest BCUT2D eigenvalue weighted by Crippen LogP contribution is 2.53. The molecule has 2 aliphatic carbocycles. The lowest BCUT2D eigenvalue weighted by atomic mass is 9.58. The van der Waals surface area contributed by atoms with Gasteiger partial charge in [0.15, 0.2) is 5.82 Å². The topological polar surface area (TPSA) is 44.2 Å². The van der Waals surface area contributed by atoms with Gasteiger partial charge in [0.1, 0.15) is 11.5 Å². The Balaban J connectivity index is 0.000000251. The van der Waals surface area contributed by atoms with Crippen LogP contribution in [0.25, 0.3) is 11.4 Å². The molecular weight excluding hydrogens is 666 g/mol. The summed E-state index contributed by atoms with van der Waals surface area (Å²) in [6.07, 6.45) is 19.6. The SMILES string of the molecule is CCCCCCCC1([C@H]2CC[C@H](c3ccc(OC(F)=C(F)F)cc3)CC2)CCCCC1.CCc1cnc(-c2ccc(OC(F)=C(F)F)cc2)nc1. The quantitative estimate of drug-likeness (QED) is 0.0946. The van der Waals surface area contributed by atoms with Crippen LogP contribution in [0, 0.1) is 11.3 Å². The minimum absolute atomic E-state index is 0.0239. The summed E-state index contributed by atoms with van der Waals surface area (Å²) in [6, 6.07) is 9.18. The first-order chi connectivity index (χ1) is 24.6. The van der Waals surface area contributed by atoms with Crippen LogP contribution in [0.4, 0.5) is 26.3 Å². The fourth-order valence-electron chi connectivity index (χ4n) is 7.69. The number of aryl methyl sites for hydroxylation is 1. The molecule has 51 heavy (non-hydrogen) atoms. The summed E-state index contributed by atoms with van der Waals surface area (Å²) in [4.78, 5) is 8.37. The van der Waals surface area contributed by atoms with E-state index in [1.54, 1.807) is 36.7 Å². The number of unbranched alkanes of at least 4 members (excludes halogenated alkanes) is 4.